The van der Waals surface area contributed by atoms with Gasteiger partial charge in [0.25, 0.3) is 0 Å². The number of methoxy groups -OCH3 is 1. The van der Waals surface area contributed by atoms with Crippen LogP contribution in [0.2, 0.25) is 0 Å². The number of piperidine rings is 1. The number of benzene rings is 2. The molecular formula is C18H23NO2. The monoisotopic (exact) mass is 285 g/mol. The molecule has 0 bridgehead atoms. The molecule has 3 heteroatoms. The molecule has 3 rings (SSSR count). The third-order valence-corrected chi connectivity index (χ3v) is 4.44. The summed E-state index contributed by atoms with van der Waals surface area (Å²) in [5.74, 6) is 1.96. The molecule has 0 unspecified atom stereocenters. The van der Waals surface area contributed by atoms with Crippen LogP contribution in [0.1, 0.15) is 25.3 Å². The zero-order valence-corrected chi connectivity index (χ0v) is 12.8. The van der Waals surface area contributed by atoms with Crippen molar-refractivity contribution in [1.29, 1.82) is 0 Å². The predicted octanol–water partition coefficient (Wildman–Crippen LogP) is 3.79. The van der Waals surface area contributed by atoms with Crippen LogP contribution in [0.5, 0.6) is 11.5 Å². The Hall–Kier alpha value is -1.74. The number of hydrogen-bond acceptors (Lipinski definition) is 3. The third-order valence-electron chi connectivity index (χ3n) is 4.44. The van der Waals surface area contributed by atoms with Crippen LogP contribution in [0.15, 0.2) is 30.3 Å². The van der Waals surface area contributed by atoms with Crippen molar-refractivity contribution in [2.45, 2.75) is 26.3 Å². The first-order valence-electron chi connectivity index (χ1n) is 7.68. The van der Waals surface area contributed by atoms with Crippen LogP contribution in [0.4, 0.5) is 0 Å². The predicted molar refractivity (Wildman–Crippen MR) is 85.8 cm³/mol. The van der Waals surface area contributed by atoms with Gasteiger partial charge in [-0.1, -0.05) is 19.1 Å². The summed E-state index contributed by atoms with van der Waals surface area (Å²) >= 11 is 0. The Morgan fingerprint density at radius 2 is 2.10 bits per heavy atom. The highest BCUT2D eigenvalue weighted by molar-refractivity contribution is 5.88. The molecule has 0 radical (unpaired) electrons. The van der Waals surface area contributed by atoms with Crippen molar-refractivity contribution in [3.63, 3.8) is 0 Å². The molecule has 0 spiro atoms. The first-order chi connectivity index (χ1) is 10.2. The van der Waals surface area contributed by atoms with E-state index in [1.807, 2.05) is 18.2 Å². The normalized spacial score (nSPS) is 19.8. The first-order valence-corrected chi connectivity index (χ1v) is 7.68. The lowest BCUT2D eigenvalue weighted by molar-refractivity contribution is 0.175. The lowest BCUT2D eigenvalue weighted by atomic mass is 9.98. The smallest absolute Gasteiger partial charge is 0.120 e. The van der Waals surface area contributed by atoms with Crippen LogP contribution in [0, 0.1) is 5.92 Å². The molecule has 3 nitrogen and oxygen atoms in total. The highest BCUT2D eigenvalue weighted by atomic mass is 16.5. The number of phenolic OH excluding ortho intramolecular Hbond substituents is 1. The summed E-state index contributed by atoms with van der Waals surface area (Å²) in [5.41, 5.74) is 1.01. The van der Waals surface area contributed by atoms with Gasteiger partial charge in [0.2, 0.25) is 0 Å². The quantitative estimate of drug-likeness (QED) is 0.931. The Morgan fingerprint density at radius 3 is 2.86 bits per heavy atom. The maximum atomic E-state index is 10.3. The van der Waals surface area contributed by atoms with E-state index in [1.165, 1.54) is 12.8 Å². The molecule has 0 saturated carbocycles. The van der Waals surface area contributed by atoms with Crippen LogP contribution >= 0.6 is 0 Å². The lowest BCUT2D eigenvalue weighted by Crippen LogP contribution is -2.33. The fourth-order valence-electron chi connectivity index (χ4n) is 3.30. The van der Waals surface area contributed by atoms with E-state index >= 15 is 0 Å². The van der Waals surface area contributed by atoms with Gasteiger partial charge in [0.15, 0.2) is 0 Å². The zero-order chi connectivity index (χ0) is 14.8. The largest absolute Gasteiger partial charge is 0.508 e. The molecule has 2 aromatic carbocycles. The van der Waals surface area contributed by atoms with Gasteiger partial charge in [-0.25, -0.2) is 0 Å². The van der Waals surface area contributed by atoms with Crippen LogP contribution in [-0.2, 0) is 6.54 Å². The van der Waals surface area contributed by atoms with Gasteiger partial charge in [-0.15, -0.1) is 0 Å². The molecule has 1 saturated heterocycles. The summed E-state index contributed by atoms with van der Waals surface area (Å²) in [5, 5.41) is 12.5. The molecule has 1 heterocycles. The summed E-state index contributed by atoms with van der Waals surface area (Å²) in [6.07, 6.45) is 2.56. The van der Waals surface area contributed by atoms with E-state index in [4.69, 9.17) is 4.74 Å². The molecule has 1 fully saturated rings. The van der Waals surface area contributed by atoms with E-state index in [0.717, 1.165) is 47.6 Å². The van der Waals surface area contributed by atoms with Crippen LogP contribution in [0.3, 0.4) is 0 Å². The molecule has 1 aliphatic heterocycles. The molecule has 0 aromatic heterocycles. The topological polar surface area (TPSA) is 32.7 Å². The molecule has 1 aliphatic rings. The Balaban J connectivity index is 1.97. The van der Waals surface area contributed by atoms with Gasteiger partial charge in [-0.3, -0.25) is 4.90 Å². The summed E-state index contributed by atoms with van der Waals surface area (Å²) in [4.78, 5) is 2.45. The second kappa shape index (κ2) is 5.94. The minimum Gasteiger partial charge on any atom is -0.508 e. The molecule has 0 aliphatic carbocycles. The minimum atomic E-state index is 0.383. The van der Waals surface area contributed by atoms with Gasteiger partial charge in [0.1, 0.15) is 11.5 Å². The van der Waals surface area contributed by atoms with Crippen molar-refractivity contribution in [2.75, 3.05) is 20.2 Å². The highest BCUT2D eigenvalue weighted by Gasteiger charge is 2.18. The van der Waals surface area contributed by atoms with Crippen molar-refractivity contribution in [1.82, 2.24) is 4.90 Å². The zero-order valence-electron chi connectivity index (χ0n) is 12.8. The summed E-state index contributed by atoms with van der Waals surface area (Å²) in [7, 11) is 1.68. The maximum absolute atomic E-state index is 10.3. The number of hydrogen-bond donors (Lipinski definition) is 1. The number of rotatable bonds is 3. The molecule has 1 atom stereocenters. The second-order valence-electron chi connectivity index (χ2n) is 6.13. The van der Waals surface area contributed by atoms with Gasteiger partial charge >= 0.3 is 0 Å². The third kappa shape index (κ3) is 2.98. The van der Waals surface area contributed by atoms with Crippen molar-refractivity contribution in [2.24, 2.45) is 5.92 Å². The van der Waals surface area contributed by atoms with Gasteiger partial charge in [0, 0.05) is 18.7 Å². The molecule has 1 N–H and O–H groups in total. The minimum absolute atomic E-state index is 0.383. The summed E-state index contributed by atoms with van der Waals surface area (Å²) in [6.45, 7) is 5.34. The van der Waals surface area contributed by atoms with Gasteiger partial charge in [-0.05, 0) is 54.3 Å². The van der Waals surface area contributed by atoms with Crippen molar-refractivity contribution < 1.29 is 9.84 Å². The van der Waals surface area contributed by atoms with E-state index in [2.05, 4.69) is 17.9 Å². The van der Waals surface area contributed by atoms with Crippen LogP contribution in [0.25, 0.3) is 10.8 Å². The van der Waals surface area contributed by atoms with E-state index in [1.54, 1.807) is 13.2 Å². The van der Waals surface area contributed by atoms with E-state index < -0.39 is 0 Å². The Labute approximate surface area is 126 Å². The fraction of sp³-hybridized carbons (Fsp3) is 0.444. The standard InChI is InChI=1S/C18H23NO2/c1-13-4-3-9-19(11-13)12-17-16-10-15(21-2)7-5-14(16)6-8-18(17)20/h5-8,10,13,20H,3-4,9,11-12H2,1-2H3/t13-/m0/s1. The van der Waals surface area contributed by atoms with Crippen molar-refractivity contribution >= 4 is 10.8 Å². The fourth-order valence-corrected chi connectivity index (χ4v) is 3.30. The van der Waals surface area contributed by atoms with Crippen molar-refractivity contribution in [3.8, 4) is 11.5 Å². The first kappa shape index (κ1) is 14.2. The Morgan fingerprint density at radius 1 is 1.29 bits per heavy atom. The number of phenols is 1. The number of aromatic hydroxyl groups is 1. The molecule has 112 valence electrons. The van der Waals surface area contributed by atoms with E-state index in [9.17, 15) is 5.11 Å². The maximum Gasteiger partial charge on any atom is 0.120 e. The average molecular weight is 285 g/mol. The van der Waals surface area contributed by atoms with Gasteiger partial charge < -0.3 is 9.84 Å². The number of fused-ring (bicyclic) bond motifs is 1. The summed E-state index contributed by atoms with van der Waals surface area (Å²) in [6, 6.07) is 9.81. The Kier molecular flexibility index (Phi) is 4.02. The summed E-state index contributed by atoms with van der Waals surface area (Å²) < 4.78 is 5.33. The van der Waals surface area contributed by atoms with Crippen LogP contribution in [-0.4, -0.2) is 30.2 Å². The molecule has 2 aromatic rings. The Bertz CT molecular complexity index is 638. The SMILES string of the molecule is COc1ccc2ccc(O)c(CN3CCC[C@H](C)C3)c2c1. The highest BCUT2D eigenvalue weighted by Crippen LogP contribution is 2.32. The van der Waals surface area contributed by atoms with Crippen LogP contribution < -0.4 is 4.74 Å². The molecular weight excluding hydrogens is 262 g/mol. The average Bonchev–Trinajstić information content (AvgIpc) is 2.50. The van der Waals surface area contributed by atoms with E-state index in [0.29, 0.717) is 5.75 Å². The van der Waals surface area contributed by atoms with Gasteiger partial charge in [-0.2, -0.15) is 0 Å². The number of likely N-dealkylation sites (tertiary alicyclic amines) is 1. The van der Waals surface area contributed by atoms with Gasteiger partial charge in [0.05, 0.1) is 7.11 Å². The lowest BCUT2D eigenvalue weighted by Gasteiger charge is -2.31. The number of nitrogens with zero attached hydrogens (tertiary/aromatic N) is 1. The van der Waals surface area contributed by atoms with Crippen molar-refractivity contribution in [3.05, 3.63) is 35.9 Å². The molecule has 21 heavy (non-hydrogen) atoms. The van der Waals surface area contributed by atoms with E-state index in [-0.39, 0.29) is 0 Å². The number of ether oxygens (including phenoxy) is 1. The second-order valence-corrected chi connectivity index (χ2v) is 6.13. The molecule has 0 amide bonds.